The fourth-order valence-electron chi connectivity index (χ4n) is 4.66. The Kier molecular flexibility index (Phi) is 9.62. The first-order valence-electron chi connectivity index (χ1n) is 14.1. The van der Waals surface area contributed by atoms with E-state index in [1.54, 1.807) is 84.9 Å². The second-order valence-corrected chi connectivity index (χ2v) is 12.2. The summed E-state index contributed by atoms with van der Waals surface area (Å²) < 4.78 is 0. The van der Waals surface area contributed by atoms with Crippen LogP contribution in [0.1, 0.15) is 47.7 Å². The summed E-state index contributed by atoms with van der Waals surface area (Å²) >= 11 is 7.43. The lowest BCUT2D eigenvalue weighted by Gasteiger charge is -2.16. The molecule has 2 N–H and O–H groups in total. The number of nitrogens with zero attached hydrogens (tertiary/aromatic N) is 1. The molecule has 0 radical (unpaired) electrons. The van der Waals surface area contributed by atoms with Crippen molar-refractivity contribution in [2.45, 2.75) is 36.3 Å². The maximum atomic E-state index is 13.3. The number of thioether (sulfide) groups is 1. The number of imide groups is 1. The minimum absolute atomic E-state index is 0.0381. The summed E-state index contributed by atoms with van der Waals surface area (Å²) in [5.74, 6) is -1.08. The molecule has 44 heavy (non-hydrogen) atoms. The molecule has 1 saturated heterocycles. The molecular formula is C35H30ClN3O4S. The first-order chi connectivity index (χ1) is 21.2. The molecule has 0 aliphatic carbocycles. The molecule has 9 heteroatoms. The maximum Gasteiger partial charge on any atom is 0.272 e. The normalized spacial score (nSPS) is 15.0. The Morgan fingerprint density at radius 3 is 2.27 bits per heavy atom. The number of anilines is 2. The highest BCUT2D eigenvalue weighted by atomic mass is 35.5. The monoisotopic (exact) mass is 623 g/mol. The average molecular weight is 624 g/mol. The summed E-state index contributed by atoms with van der Waals surface area (Å²) in [6.07, 6.45) is 1.66. The lowest BCUT2D eigenvalue weighted by molar-refractivity contribution is -0.121. The molecule has 0 aromatic heterocycles. The number of nitrogens with one attached hydrogen (secondary N) is 2. The number of benzene rings is 4. The number of halogens is 1. The van der Waals surface area contributed by atoms with Gasteiger partial charge >= 0.3 is 0 Å². The topological polar surface area (TPSA) is 95.6 Å². The Bertz CT molecular complexity index is 1720. The molecule has 1 atom stereocenters. The van der Waals surface area contributed by atoms with Crippen LogP contribution in [0, 0.1) is 0 Å². The largest absolute Gasteiger partial charge is 0.321 e. The van der Waals surface area contributed by atoms with Crippen LogP contribution in [-0.4, -0.2) is 28.9 Å². The van der Waals surface area contributed by atoms with Crippen LogP contribution in [0.15, 0.2) is 114 Å². The van der Waals surface area contributed by atoms with Crippen LogP contribution in [0.5, 0.6) is 0 Å². The van der Waals surface area contributed by atoms with Gasteiger partial charge in [0.25, 0.3) is 11.8 Å². The van der Waals surface area contributed by atoms with E-state index < -0.39 is 17.1 Å². The van der Waals surface area contributed by atoms with Crippen LogP contribution < -0.4 is 15.5 Å². The van der Waals surface area contributed by atoms with Crippen LogP contribution in [0.3, 0.4) is 0 Å². The molecule has 1 aliphatic rings. The van der Waals surface area contributed by atoms with E-state index in [0.29, 0.717) is 33.4 Å². The molecule has 0 saturated carbocycles. The summed E-state index contributed by atoms with van der Waals surface area (Å²) in [6.45, 7) is 4.18. The zero-order valence-corrected chi connectivity index (χ0v) is 25.7. The van der Waals surface area contributed by atoms with Crippen LogP contribution in [-0.2, 0) is 14.4 Å². The molecule has 1 unspecified atom stereocenters. The van der Waals surface area contributed by atoms with Gasteiger partial charge in [0.05, 0.1) is 10.9 Å². The summed E-state index contributed by atoms with van der Waals surface area (Å²) in [4.78, 5) is 54.2. The molecule has 0 bridgehead atoms. The van der Waals surface area contributed by atoms with Crippen LogP contribution in [0.25, 0.3) is 6.08 Å². The predicted octanol–water partition coefficient (Wildman–Crippen LogP) is 7.30. The highest BCUT2D eigenvalue weighted by Crippen LogP contribution is 2.35. The molecule has 1 fully saturated rings. The van der Waals surface area contributed by atoms with Gasteiger partial charge in [-0.25, -0.2) is 4.90 Å². The number of carbonyl (C=O) groups excluding carboxylic acids is 4. The van der Waals surface area contributed by atoms with E-state index in [9.17, 15) is 19.2 Å². The third-order valence-electron chi connectivity index (χ3n) is 7.00. The van der Waals surface area contributed by atoms with Gasteiger partial charge in [-0.05, 0) is 83.8 Å². The molecule has 1 aliphatic heterocycles. The van der Waals surface area contributed by atoms with Gasteiger partial charge < -0.3 is 10.6 Å². The fraction of sp³-hybridized carbons (Fsp3) is 0.143. The maximum absolute atomic E-state index is 13.3. The first-order valence-corrected chi connectivity index (χ1v) is 15.3. The van der Waals surface area contributed by atoms with Crippen LogP contribution in [0.4, 0.5) is 11.4 Å². The summed E-state index contributed by atoms with van der Waals surface area (Å²) in [6, 6.07) is 30.0. The number of hydrogen-bond donors (Lipinski definition) is 2. The van der Waals surface area contributed by atoms with Gasteiger partial charge in [-0.2, -0.15) is 0 Å². The molecule has 1 heterocycles. The molecule has 5 rings (SSSR count). The Hall–Kier alpha value is -4.66. The van der Waals surface area contributed by atoms with Gasteiger partial charge in [0, 0.05) is 27.6 Å². The van der Waals surface area contributed by atoms with Crippen LogP contribution in [0.2, 0.25) is 5.02 Å². The number of amides is 4. The minimum atomic E-state index is -0.548. The van der Waals surface area contributed by atoms with E-state index in [1.807, 2.05) is 24.3 Å². The van der Waals surface area contributed by atoms with Crippen molar-refractivity contribution in [3.63, 3.8) is 0 Å². The summed E-state index contributed by atoms with van der Waals surface area (Å²) in [7, 11) is 0. The van der Waals surface area contributed by atoms with Crippen molar-refractivity contribution in [3.05, 3.63) is 131 Å². The molecule has 4 aromatic rings. The van der Waals surface area contributed by atoms with E-state index in [2.05, 4.69) is 24.5 Å². The number of hydrogen-bond acceptors (Lipinski definition) is 5. The van der Waals surface area contributed by atoms with E-state index >= 15 is 0 Å². The van der Waals surface area contributed by atoms with E-state index in [0.717, 1.165) is 10.5 Å². The highest BCUT2D eigenvalue weighted by Gasteiger charge is 2.40. The zero-order chi connectivity index (χ0) is 31.2. The quantitative estimate of drug-likeness (QED) is 0.151. The van der Waals surface area contributed by atoms with E-state index in [4.69, 9.17) is 11.6 Å². The first kappa shape index (κ1) is 30.8. The van der Waals surface area contributed by atoms with Gasteiger partial charge in [-0.3, -0.25) is 19.2 Å². The minimum Gasteiger partial charge on any atom is -0.321 e. The van der Waals surface area contributed by atoms with Gasteiger partial charge in [0.2, 0.25) is 11.8 Å². The molecule has 0 spiro atoms. The second-order valence-electron chi connectivity index (χ2n) is 10.5. The lowest BCUT2D eigenvalue weighted by Crippen LogP contribution is -2.31. The standard InChI is InChI=1S/C35H30ClN3O4S/c1-22(2)24-11-15-28(16-12-24)39-32(40)21-31(35(39)43)44-29-17-13-27(14-18-29)37-34(42)30(20-23-7-6-10-26(36)19-23)38-33(41)25-8-4-3-5-9-25/h3-20,22,31H,21H2,1-2H3,(H,37,42)(H,38,41)/b30-20-. The molecule has 7 nitrogen and oxygen atoms in total. The van der Waals surface area contributed by atoms with E-state index in [1.165, 1.54) is 16.7 Å². The third-order valence-corrected chi connectivity index (χ3v) is 8.43. The number of rotatable bonds is 9. The predicted molar refractivity (Wildman–Crippen MR) is 176 cm³/mol. The van der Waals surface area contributed by atoms with Crippen molar-refractivity contribution in [2.24, 2.45) is 0 Å². The Balaban J connectivity index is 1.27. The molecular weight excluding hydrogens is 594 g/mol. The smallest absolute Gasteiger partial charge is 0.272 e. The van der Waals surface area contributed by atoms with Crippen molar-refractivity contribution < 1.29 is 19.2 Å². The van der Waals surface area contributed by atoms with Gasteiger partial charge in [0.1, 0.15) is 5.70 Å². The Morgan fingerprint density at radius 1 is 0.909 bits per heavy atom. The van der Waals surface area contributed by atoms with Gasteiger partial charge in [0.15, 0.2) is 0 Å². The average Bonchev–Trinajstić information content (AvgIpc) is 3.30. The second kappa shape index (κ2) is 13.8. The van der Waals surface area contributed by atoms with Gasteiger partial charge in [-0.15, -0.1) is 11.8 Å². The fourth-order valence-corrected chi connectivity index (χ4v) is 5.91. The molecule has 4 amide bonds. The molecule has 4 aromatic carbocycles. The van der Waals surface area contributed by atoms with Crippen molar-refractivity contribution in [1.29, 1.82) is 0 Å². The Labute approximate surface area is 265 Å². The van der Waals surface area contributed by atoms with Crippen molar-refractivity contribution in [2.75, 3.05) is 10.2 Å². The van der Waals surface area contributed by atoms with Crippen molar-refractivity contribution >= 4 is 64.4 Å². The summed E-state index contributed by atoms with van der Waals surface area (Å²) in [5, 5.41) is 5.47. The highest BCUT2D eigenvalue weighted by molar-refractivity contribution is 8.00. The third kappa shape index (κ3) is 7.45. The molecule has 222 valence electrons. The zero-order valence-electron chi connectivity index (χ0n) is 24.1. The lowest BCUT2D eigenvalue weighted by atomic mass is 10.0. The Morgan fingerprint density at radius 2 is 1.61 bits per heavy atom. The van der Waals surface area contributed by atoms with E-state index in [-0.39, 0.29) is 23.9 Å². The summed E-state index contributed by atoms with van der Waals surface area (Å²) in [5.41, 5.74) is 3.29. The van der Waals surface area contributed by atoms with Crippen molar-refractivity contribution in [1.82, 2.24) is 5.32 Å². The van der Waals surface area contributed by atoms with Gasteiger partial charge in [-0.1, -0.05) is 67.9 Å². The van der Waals surface area contributed by atoms with Crippen molar-refractivity contribution in [3.8, 4) is 0 Å². The van der Waals surface area contributed by atoms with Crippen LogP contribution >= 0.6 is 23.4 Å². The SMILES string of the molecule is CC(C)c1ccc(N2C(=O)CC(Sc3ccc(NC(=O)/C(=C/c4cccc(Cl)c4)NC(=O)c4ccccc4)cc3)C2=O)cc1. The number of carbonyl (C=O) groups is 4.